The molecule has 2 atom stereocenters. The molecule has 2 aliphatic rings. The first-order chi connectivity index (χ1) is 8.68. The highest BCUT2D eigenvalue weighted by Crippen LogP contribution is 2.28. The van der Waals surface area contributed by atoms with E-state index in [1.54, 1.807) is 0 Å². The zero-order chi connectivity index (χ0) is 13.0. The molecule has 0 spiro atoms. The van der Waals surface area contributed by atoms with Crippen molar-refractivity contribution >= 4 is 5.91 Å². The molecule has 0 unspecified atom stereocenters. The van der Waals surface area contributed by atoms with Gasteiger partial charge in [-0.2, -0.15) is 0 Å². The zero-order valence-corrected chi connectivity index (χ0v) is 11.7. The predicted octanol–water partition coefficient (Wildman–Crippen LogP) is 2.69. The van der Waals surface area contributed by atoms with Crippen LogP contribution >= 0.6 is 0 Å². The molecule has 0 aromatic rings. The highest BCUT2D eigenvalue weighted by Gasteiger charge is 2.29. The Hall–Kier alpha value is -0.570. The summed E-state index contributed by atoms with van der Waals surface area (Å²) < 4.78 is 0. The molecule has 104 valence electrons. The molecule has 2 aliphatic carbocycles. The highest BCUT2D eigenvalue weighted by molar-refractivity contribution is 5.76. The summed E-state index contributed by atoms with van der Waals surface area (Å²) in [4.78, 5) is 14.4. The fourth-order valence-corrected chi connectivity index (χ4v) is 3.54. The van der Waals surface area contributed by atoms with Crippen LogP contribution in [-0.4, -0.2) is 29.9 Å². The maximum absolute atomic E-state index is 12.3. The van der Waals surface area contributed by atoms with Crippen LogP contribution in [0.4, 0.5) is 0 Å². The Morgan fingerprint density at radius 1 is 1.06 bits per heavy atom. The number of amides is 1. The molecule has 0 bridgehead atoms. The molecular weight excluding hydrogens is 224 g/mol. The second kappa shape index (κ2) is 6.55. The van der Waals surface area contributed by atoms with Gasteiger partial charge < -0.3 is 10.6 Å². The van der Waals surface area contributed by atoms with Crippen molar-refractivity contribution in [2.45, 2.75) is 76.3 Å². The average Bonchev–Trinajstić information content (AvgIpc) is 2.63. The lowest BCUT2D eigenvalue weighted by Gasteiger charge is -2.29. The summed E-state index contributed by atoms with van der Waals surface area (Å²) in [6, 6.07) is 0.745. The third-order valence-corrected chi connectivity index (χ3v) is 4.92. The first-order valence-corrected chi connectivity index (χ1v) is 7.69. The largest absolute Gasteiger partial charge is 0.343 e. The number of nitrogens with zero attached hydrogens (tertiary/aromatic N) is 1. The van der Waals surface area contributed by atoms with Crippen LogP contribution in [-0.2, 0) is 4.79 Å². The SMILES string of the molecule is CN(C(=O)C[C@@H]1CCC[C@H]1N)C1CCCCCC1. The van der Waals surface area contributed by atoms with Gasteiger partial charge in [-0.25, -0.2) is 0 Å². The first-order valence-electron chi connectivity index (χ1n) is 7.69. The highest BCUT2D eigenvalue weighted by atomic mass is 16.2. The molecule has 0 saturated heterocycles. The van der Waals surface area contributed by atoms with Crippen molar-refractivity contribution in [2.75, 3.05) is 7.05 Å². The van der Waals surface area contributed by atoms with Gasteiger partial charge >= 0.3 is 0 Å². The maximum atomic E-state index is 12.3. The molecule has 2 fully saturated rings. The molecule has 3 heteroatoms. The standard InChI is InChI=1S/C15H28N2O/c1-17(13-8-4-2-3-5-9-13)15(18)11-12-7-6-10-14(12)16/h12-14H,2-11,16H2,1H3/t12-,14+/m0/s1. The Morgan fingerprint density at radius 2 is 1.72 bits per heavy atom. The van der Waals surface area contributed by atoms with E-state index in [2.05, 4.69) is 0 Å². The van der Waals surface area contributed by atoms with E-state index in [9.17, 15) is 4.79 Å². The quantitative estimate of drug-likeness (QED) is 0.785. The van der Waals surface area contributed by atoms with Gasteiger partial charge in [-0.15, -0.1) is 0 Å². The van der Waals surface area contributed by atoms with E-state index >= 15 is 0 Å². The van der Waals surface area contributed by atoms with Gasteiger partial charge in [0.1, 0.15) is 0 Å². The fraction of sp³-hybridized carbons (Fsp3) is 0.933. The Morgan fingerprint density at radius 3 is 2.28 bits per heavy atom. The number of hydrogen-bond donors (Lipinski definition) is 1. The normalized spacial score (nSPS) is 30.1. The van der Waals surface area contributed by atoms with E-state index in [0.717, 1.165) is 12.8 Å². The molecule has 2 N–H and O–H groups in total. The molecule has 0 aliphatic heterocycles. The van der Waals surface area contributed by atoms with Crippen LogP contribution in [0, 0.1) is 5.92 Å². The van der Waals surface area contributed by atoms with E-state index in [1.807, 2.05) is 11.9 Å². The average molecular weight is 252 g/mol. The molecule has 0 radical (unpaired) electrons. The lowest BCUT2D eigenvalue weighted by molar-refractivity contribution is -0.133. The summed E-state index contributed by atoms with van der Waals surface area (Å²) in [5.74, 6) is 0.759. The topological polar surface area (TPSA) is 46.3 Å². The minimum Gasteiger partial charge on any atom is -0.343 e. The third kappa shape index (κ3) is 3.47. The minimum atomic E-state index is 0.261. The van der Waals surface area contributed by atoms with Gasteiger partial charge in [0.05, 0.1) is 0 Å². The summed E-state index contributed by atoms with van der Waals surface area (Å²) in [5.41, 5.74) is 6.06. The van der Waals surface area contributed by atoms with E-state index in [1.165, 1.54) is 44.9 Å². The van der Waals surface area contributed by atoms with Crippen LogP contribution < -0.4 is 5.73 Å². The van der Waals surface area contributed by atoms with E-state index < -0.39 is 0 Å². The molecule has 1 amide bonds. The van der Waals surface area contributed by atoms with E-state index in [-0.39, 0.29) is 6.04 Å². The number of hydrogen-bond acceptors (Lipinski definition) is 2. The smallest absolute Gasteiger partial charge is 0.222 e. The summed E-state index contributed by atoms with van der Waals surface area (Å²) >= 11 is 0. The van der Waals surface area contributed by atoms with Crippen molar-refractivity contribution in [3.05, 3.63) is 0 Å². The molecule has 2 rings (SSSR count). The lowest BCUT2D eigenvalue weighted by Crippen LogP contribution is -2.39. The number of carbonyl (C=O) groups excluding carboxylic acids is 1. The van der Waals surface area contributed by atoms with Crippen molar-refractivity contribution in [3.8, 4) is 0 Å². The number of nitrogens with two attached hydrogens (primary N) is 1. The Balaban J connectivity index is 1.83. The van der Waals surface area contributed by atoms with Crippen molar-refractivity contribution in [1.29, 1.82) is 0 Å². The number of rotatable bonds is 3. The van der Waals surface area contributed by atoms with Gasteiger partial charge in [0.15, 0.2) is 0 Å². The summed E-state index contributed by atoms with van der Waals surface area (Å²) in [7, 11) is 2.00. The van der Waals surface area contributed by atoms with Crippen LogP contribution in [0.5, 0.6) is 0 Å². The zero-order valence-electron chi connectivity index (χ0n) is 11.7. The molecule has 0 heterocycles. The van der Waals surface area contributed by atoms with Gasteiger partial charge in [-0.1, -0.05) is 32.1 Å². The Bertz CT molecular complexity index is 272. The second-order valence-corrected chi connectivity index (χ2v) is 6.21. The molecule has 18 heavy (non-hydrogen) atoms. The van der Waals surface area contributed by atoms with Crippen LogP contribution in [0.25, 0.3) is 0 Å². The van der Waals surface area contributed by atoms with Gasteiger partial charge in [-0.3, -0.25) is 4.79 Å². The van der Waals surface area contributed by atoms with Crippen LogP contribution in [0.2, 0.25) is 0 Å². The van der Waals surface area contributed by atoms with Crippen LogP contribution in [0.1, 0.15) is 64.2 Å². The Kier molecular flexibility index (Phi) is 5.04. The van der Waals surface area contributed by atoms with Crippen LogP contribution in [0.3, 0.4) is 0 Å². The third-order valence-electron chi connectivity index (χ3n) is 4.92. The number of carbonyl (C=O) groups is 1. The van der Waals surface area contributed by atoms with Gasteiger partial charge in [0.2, 0.25) is 5.91 Å². The molecule has 0 aromatic carbocycles. The molecule has 2 saturated carbocycles. The summed E-state index contributed by atoms with van der Waals surface area (Å²) in [6.07, 6.45) is 11.8. The fourth-order valence-electron chi connectivity index (χ4n) is 3.54. The van der Waals surface area contributed by atoms with Crippen molar-refractivity contribution < 1.29 is 4.79 Å². The molecule has 3 nitrogen and oxygen atoms in total. The van der Waals surface area contributed by atoms with Crippen molar-refractivity contribution in [2.24, 2.45) is 11.7 Å². The Labute approximate surface area is 111 Å². The molecular formula is C15H28N2O. The van der Waals surface area contributed by atoms with Crippen molar-refractivity contribution in [3.63, 3.8) is 0 Å². The van der Waals surface area contributed by atoms with Gasteiger partial charge in [0.25, 0.3) is 0 Å². The summed E-state index contributed by atoms with van der Waals surface area (Å²) in [5, 5.41) is 0. The van der Waals surface area contributed by atoms with Crippen molar-refractivity contribution in [1.82, 2.24) is 4.90 Å². The first kappa shape index (κ1) is 13.9. The van der Waals surface area contributed by atoms with E-state index in [4.69, 9.17) is 5.73 Å². The van der Waals surface area contributed by atoms with Crippen LogP contribution in [0.15, 0.2) is 0 Å². The van der Waals surface area contributed by atoms with E-state index in [0.29, 0.717) is 24.3 Å². The second-order valence-electron chi connectivity index (χ2n) is 6.21. The van der Waals surface area contributed by atoms with Gasteiger partial charge in [-0.05, 0) is 31.6 Å². The maximum Gasteiger partial charge on any atom is 0.222 e. The predicted molar refractivity (Wildman–Crippen MR) is 74.2 cm³/mol. The molecule has 0 aromatic heterocycles. The summed E-state index contributed by atoms with van der Waals surface area (Å²) in [6.45, 7) is 0. The lowest BCUT2D eigenvalue weighted by atomic mass is 9.98. The minimum absolute atomic E-state index is 0.261. The monoisotopic (exact) mass is 252 g/mol. The van der Waals surface area contributed by atoms with Gasteiger partial charge in [0, 0.05) is 25.6 Å².